The zero-order valence-electron chi connectivity index (χ0n) is 13.1. The van der Waals surface area contributed by atoms with E-state index in [0.717, 1.165) is 5.52 Å². The number of nitrogens with zero attached hydrogens (tertiary/aromatic N) is 2. The first-order chi connectivity index (χ1) is 11.7. The second-order valence-electron chi connectivity index (χ2n) is 5.05. The van der Waals surface area contributed by atoms with Gasteiger partial charge in [-0.2, -0.15) is 0 Å². The van der Waals surface area contributed by atoms with Crippen molar-refractivity contribution < 1.29 is 14.3 Å². The van der Waals surface area contributed by atoms with Crippen LogP contribution in [0.25, 0.3) is 11.0 Å². The van der Waals surface area contributed by atoms with Gasteiger partial charge >= 0.3 is 6.03 Å². The van der Waals surface area contributed by atoms with Crippen molar-refractivity contribution in [1.82, 2.24) is 25.7 Å². The lowest BCUT2D eigenvalue weighted by Gasteiger charge is -2.27. The molecule has 2 aromatic rings. The van der Waals surface area contributed by atoms with Gasteiger partial charge in [-0.3, -0.25) is 5.43 Å². The first kappa shape index (κ1) is 16.3. The molecule has 1 fully saturated rings. The summed E-state index contributed by atoms with van der Waals surface area (Å²) in [6.45, 7) is 2.18. The number of amides is 2. The third-order valence-corrected chi connectivity index (χ3v) is 3.71. The molecule has 0 bridgehead atoms. The average Bonchev–Trinajstić information content (AvgIpc) is 3.02. The van der Waals surface area contributed by atoms with E-state index in [-0.39, 0.29) is 11.1 Å². The van der Waals surface area contributed by atoms with Crippen LogP contribution in [-0.4, -0.2) is 59.4 Å². The number of benzene rings is 1. The summed E-state index contributed by atoms with van der Waals surface area (Å²) in [5.41, 5.74) is 6.70. The molecule has 24 heavy (non-hydrogen) atoms. The molecule has 4 N–H and O–H groups in total. The lowest BCUT2D eigenvalue weighted by molar-refractivity contribution is 0.0528. The molecule has 9 nitrogen and oxygen atoms in total. The molecule has 2 amide bonds. The van der Waals surface area contributed by atoms with Gasteiger partial charge in [0, 0.05) is 13.1 Å². The molecule has 2 heterocycles. The number of H-pyrrole nitrogens is 1. The zero-order valence-corrected chi connectivity index (χ0v) is 13.9. The normalized spacial score (nSPS) is 14.3. The van der Waals surface area contributed by atoms with E-state index < -0.39 is 0 Å². The second-order valence-corrected chi connectivity index (χ2v) is 5.46. The van der Waals surface area contributed by atoms with E-state index in [1.165, 1.54) is 0 Å². The van der Waals surface area contributed by atoms with E-state index in [1.807, 2.05) is 18.2 Å². The van der Waals surface area contributed by atoms with Crippen LogP contribution in [0.2, 0.25) is 0 Å². The maximum atomic E-state index is 11.9. The number of rotatable bonds is 2. The highest BCUT2D eigenvalue weighted by molar-refractivity contribution is 7.80. The summed E-state index contributed by atoms with van der Waals surface area (Å²) in [6, 6.07) is 5.31. The molecule has 0 atom stereocenters. The van der Waals surface area contributed by atoms with Crippen LogP contribution in [0.3, 0.4) is 0 Å². The Labute approximate surface area is 143 Å². The van der Waals surface area contributed by atoms with E-state index in [0.29, 0.717) is 43.5 Å². The van der Waals surface area contributed by atoms with E-state index in [9.17, 15) is 4.79 Å². The van der Waals surface area contributed by atoms with E-state index >= 15 is 0 Å². The Morgan fingerprint density at radius 2 is 2.17 bits per heavy atom. The summed E-state index contributed by atoms with van der Waals surface area (Å²) in [5.74, 6) is 1.11. The second kappa shape index (κ2) is 7.32. The minimum absolute atomic E-state index is 0.217. The van der Waals surface area contributed by atoms with Crippen LogP contribution in [0.5, 0.6) is 5.75 Å². The molecule has 0 aliphatic carbocycles. The van der Waals surface area contributed by atoms with Gasteiger partial charge in [0.25, 0.3) is 0 Å². The standard InChI is InChI=1S/C14H18N6O3S/c1-22-10-4-2-3-9-11(10)16-12(15-9)17-13(24)18-19-14(21)20-5-7-23-8-6-20/h2-4H,5-8H2,1H3,(H,19,21)(H3,15,16,17,18,24). The molecule has 0 saturated carbocycles. The van der Waals surface area contributed by atoms with Crippen LogP contribution >= 0.6 is 12.2 Å². The highest BCUT2D eigenvalue weighted by Crippen LogP contribution is 2.24. The number of aromatic nitrogens is 2. The van der Waals surface area contributed by atoms with Crippen molar-refractivity contribution in [3.63, 3.8) is 0 Å². The summed E-state index contributed by atoms with van der Waals surface area (Å²) < 4.78 is 10.5. The van der Waals surface area contributed by atoms with Crippen LogP contribution < -0.4 is 20.9 Å². The van der Waals surface area contributed by atoms with Crippen molar-refractivity contribution in [3.8, 4) is 5.75 Å². The molecular formula is C14H18N6O3S. The Morgan fingerprint density at radius 1 is 1.38 bits per heavy atom. The van der Waals surface area contributed by atoms with E-state index in [2.05, 4.69) is 26.1 Å². The van der Waals surface area contributed by atoms with Crippen LogP contribution in [0.4, 0.5) is 10.7 Å². The van der Waals surface area contributed by atoms with Gasteiger partial charge in [0.15, 0.2) is 5.11 Å². The van der Waals surface area contributed by atoms with Crippen LogP contribution in [0.15, 0.2) is 18.2 Å². The van der Waals surface area contributed by atoms with Gasteiger partial charge in [-0.1, -0.05) is 6.07 Å². The summed E-state index contributed by atoms with van der Waals surface area (Å²) in [7, 11) is 1.59. The number of hydrogen-bond donors (Lipinski definition) is 4. The highest BCUT2D eigenvalue weighted by atomic mass is 32.1. The molecule has 10 heteroatoms. The Hall–Kier alpha value is -2.59. The predicted octanol–water partition coefficient (Wildman–Crippen LogP) is 0.815. The van der Waals surface area contributed by atoms with E-state index in [1.54, 1.807) is 12.0 Å². The number of para-hydroxylation sites is 1. The Balaban J connectivity index is 1.56. The number of morpholine rings is 1. The number of anilines is 1. The van der Waals surface area contributed by atoms with Gasteiger partial charge in [0.05, 0.1) is 25.8 Å². The number of carbonyl (C=O) groups is 1. The topological polar surface area (TPSA) is 104 Å². The molecule has 0 radical (unpaired) electrons. The van der Waals surface area contributed by atoms with E-state index in [4.69, 9.17) is 21.7 Å². The molecule has 128 valence electrons. The van der Waals surface area contributed by atoms with Crippen LogP contribution in [0.1, 0.15) is 0 Å². The molecule has 3 rings (SSSR count). The van der Waals surface area contributed by atoms with Crippen molar-refractivity contribution in [2.24, 2.45) is 0 Å². The number of urea groups is 1. The van der Waals surface area contributed by atoms with Crippen molar-refractivity contribution in [2.45, 2.75) is 0 Å². The maximum Gasteiger partial charge on any atom is 0.336 e. The molecule has 1 saturated heterocycles. The Bertz CT molecular complexity index is 743. The number of carbonyl (C=O) groups excluding carboxylic acids is 1. The lowest BCUT2D eigenvalue weighted by atomic mass is 10.3. The van der Waals surface area contributed by atoms with Gasteiger partial charge < -0.3 is 24.7 Å². The van der Waals surface area contributed by atoms with Crippen molar-refractivity contribution >= 4 is 40.3 Å². The third-order valence-electron chi connectivity index (χ3n) is 3.51. The minimum Gasteiger partial charge on any atom is -0.494 e. The smallest absolute Gasteiger partial charge is 0.336 e. The summed E-state index contributed by atoms with van der Waals surface area (Å²) >= 11 is 5.15. The molecule has 1 aliphatic rings. The van der Waals surface area contributed by atoms with Gasteiger partial charge in [0.2, 0.25) is 5.95 Å². The van der Waals surface area contributed by atoms with Crippen molar-refractivity contribution in [1.29, 1.82) is 0 Å². The fraction of sp³-hybridized carbons (Fsp3) is 0.357. The van der Waals surface area contributed by atoms with Gasteiger partial charge in [-0.15, -0.1) is 0 Å². The fourth-order valence-corrected chi connectivity index (χ4v) is 2.47. The first-order valence-electron chi connectivity index (χ1n) is 7.40. The monoisotopic (exact) mass is 350 g/mol. The van der Waals surface area contributed by atoms with Crippen LogP contribution in [0, 0.1) is 0 Å². The minimum atomic E-state index is -0.256. The maximum absolute atomic E-state index is 11.9. The summed E-state index contributed by atoms with van der Waals surface area (Å²) in [6.07, 6.45) is 0. The molecule has 0 spiro atoms. The first-order valence-corrected chi connectivity index (χ1v) is 7.80. The number of methoxy groups -OCH3 is 1. The summed E-state index contributed by atoms with van der Waals surface area (Å²) in [4.78, 5) is 21.1. The van der Waals surface area contributed by atoms with Gasteiger partial charge in [-0.05, 0) is 24.4 Å². The lowest BCUT2D eigenvalue weighted by Crippen LogP contribution is -2.52. The quantitative estimate of drug-likeness (QED) is 0.469. The number of hydrazine groups is 1. The third kappa shape index (κ3) is 3.66. The largest absolute Gasteiger partial charge is 0.494 e. The molecule has 1 aliphatic heterocycles. The number of nitrogens with one attached hydrogen (secondary N) is 4. The SMILES string of the molecule is COc1cccc2[nH]c(NC(=S)NNC(=O)N3CCOCC3)nc12. The number of hydrogen-bond acceptors (Lipinski definition) is 5. The highest BCUT2D eigenvalue weighted by Gasteiger charge is 2.16. The van der Waals surface area contributed by atoms with Crippen molar-refractivity contribution in [3.05, 3.63) is 18.2 Å². The average molecular weight is 350 g/mol. The number of aromatic amines is 1. The van der Waals surface area contributed by atoms with Gasteiger partial charge in [0.1, 0.15) is 11.3 Å². The number of imidazole rings is 1. The summed E-state index contributed by atoms with van der Waals surface area (Å²) in [5, 5.41) is 3.10. The van der Waals surface area contributed by atoms with Gasteiger partial charge in [-0.25, -0.2) is 15.2 Å². The Morgan fingerprint density at radius 3 is 2.92 bits per heavy atom. The number of thiocarbonyl (C=S) groups is 1. The number of ether oxygens (including phenoxy) is 2. The molecule has 0 unspecified atom stereocenters. The Kier molecular flexibility index (Phi) is 4.96. The molecular weight excluding hydrogens is 332 g/mol. The fourth-order valence-electron chi connectivity index (χ4n) is 2.32. The zero-order chi connectivity index (χ0) is 16.9. The predicted molar refractivity (Wildman–Crippen MR) is 92.9 cm³/mol. The molecule has 1 aromatic heterocycles. The van der Waals surface area contributed by atoms with Crippen LogP contribution in [-0.2, 0) is 4.74 Å². The number of fused-ring (bicyclic) bond motifs is 1. The van der Waals surface area contributed by atoms with Crippen molar-refractivity contribution in [2.75, 3.05) is 38.7 Å². The molecule has 1 aromatic carbocycles.